The molecule has 18 heavy (non-hydrogen) atoms. The molecule has 2 atom stereocenters. The van der Waals surface area contributed by atoms with Gasteiger partial charge in [0, 0.05) is 12.8 Å². The van der Waals surface area contributed by atoms with E-state index in [1.165, 1.54) is 0 Å². The Balaban J connectivity index is 2.16. The van der Waals surface area contributed by atoms with Crippen LogP contribution in [0.4, 0.5) is 13.2 Å². The first kappa shape index (κ1) is 13.5. The summed E-state index contributed by atoms with van der Waals surface area (Å²) in [6, 6.07) is 0. The number of Topliss-reactive ketones (excluding diaryl/α,β-unsaturated/α-hetero) is 1. The number of alkyl halides is 3. The van der Waals surface area contributed by atoms with Gasteiger partial charge in [-0.1, -0.05) is 6.92 Å². The Bertz CT molecular complexity index is 444. The first-order chi connectivity index (χ1) is 8.43. The van der Waals surface area contributed by atoms with Gasteiger partial charge in [-0.05, 0) is 12.8 Å². The Morgan fingerprint density at radius 3 is 2.89 bits per heavy atom. The molecule has 2 rings (SSSR count). The molecular weight excluding hydrogens is 267 g/mol. The predicted molar refractivity (Wildman–Crippen MR) is 59.6 cm³/mol. The zero-order valence-corrected chi connectivity index (χ0v) is 10.5. The summed E-state index contributed by atoms with van der Waals surface area (Å²) in [5.74, 6) is -0.621. The van der Waals surface area contributed by atoms with Crippen LogP contribution in [0.15, 0.2) is 6.20 Å². The van der Waals surface area contributed by atoms with Crippen LogP contribution >= 0.6 is 11.3 Å². The van der Waals surface area contributed by atoms with Crippen molar-refractivity contribution >= 4 is 17.1 Å². The molecule has 1 aliphatic rings. The summed E-state index contributed by atoms with van der Waals surface area (Å²) in [5, 5.41) is -0.974. The van der Waals surface area contributed by atoms with Crippen LogP contribution in [0.5, 0.6) is 0 Å². The van der Waals surface area contributed by atoms with E-state index in [1.807, 2.05) is 6.92 Å². The molecule has 0 N–H and O–H groups in total. The highest BCUT2D eigenvalue weighted by Gasteiger charge is 2.38. The fourth-order valence-electron chi connectivity index (χ4n) is 2.05. The van der Waals surface area contributed by atoms with Gasteiger partial charge in [0.2, 0.25) is 0 Å². The second kappa shape index (κ2) is 4.97. The molecule has 0 bridgehead atoms. The number of carbonyl (C=O) groups is 1. The van der Waals surface area contributed by atoms with Crippen molar-refractivity contribution in [2.75, 3.05) is 6.61 Å². The van der Waals surface area contributed by atoms with E-state index in [-0.39, 0.29) is 22.7 Å². The molecule has 2 unspecified atom stereocenters. The molecule has 0 aliphatic carbocycles. The maximum absolute atomic E-state index is 12.4. The summed E-state index contributed by atoms with van der Waals surface area (Å²) in [6.45, 7) is 2.38. The molecule has 1 fully saturated rings. The summed E-state index contributed by atoms with van der Waals surface area (Å²) in [7, 11) is 0. The third kappa shape index (κ3) is 2.56. The molecule has 0 saturated carbocycles. The maximum atomic E-state index is 12.4. The van der Waals surface area contributed by atoms with Gasteiger partial charge in [-0.25, -0.2) is 4.98 Å². The number of halogens is 3. The van der Waals surface area contributed by atoms with Crippen LogP contribution in [0, 0.1) is 5.92 Å². The van der Waals surface area contributed by atoms with Crippen LogP contribution in [0.3, 0.4) is 0 Å². The Morgan fingerprint density at radius 1 is 1.61 bits per heavy atom. The smallest absolute Gasteiger partial charge is 0.377 e. The van der Waals surface area contributed by atoms with Crippen molar-refractivity contribution < 1.29 is 22.7 Å². The number of thiazole rings is 1. The third-order valence-corrected chi connectivity index (χ3v) is 4.00. The first-order valence-corrected chi connectivity index (χ1v) is 6.44. The van der Waals surface area contributed by atoms with Gasteiger partial charge in [0.25, 0.3) is 0 Å². The average molecular weight is 279 g/mol. The highest BCUT2D eigenvalue weighted by molar-refractivity contribution is 7.13. The van der Waals surface area contributed by atoms with Crippen LogP contribution < -0.4 is 0 Å². The molecule has 0 spiro atoms. The molecule has 2 heterocycles. The minimum atomic E-state index is -4.49. The van der Waals surface area contributed by atoms with E-state index in [4.69, 9.17) is 4.74 Å². The number of nitrogens with zero attached hydrogens (tertiary/aromatic N) is 1. The largest absolute Gasteiger partial charge is 0.443 e. The van der Waals surface area contributed by atoms with Crippen molar-refractivity contribution in [1.29, 1.82) is 0 Å². The highest BCUT2D eigenvalue weighted by Crippen LogP contribution is 2.35. The van der Waals surface area contributed by atoms with Gasteiger partial charge >= 0.3 is 6.18 Å². The Labute approximate surface area is 106 Å². The quantitative estimate of drug-likeness (QED) is 0.798. The maximum Gasteiger partial charge on any atom is 0.443 e. The Hall–Kier alpha value is -0.950. The standard InChI is InChI=1S/C11H12F3NO2S/c1-2-7-6(3-4-17-7)9(16)8-5-15-10(18-8)11(12,13)14/h5-7H,2-4H2,1H3. The van der Waals surface area contributed by atoms with Gasteiger partial charge in [-0.15, -0.1) is 11.3 Å². The molecule has 100 valence electrons. The molecule has 1 aromatic heterocycles. The third-order valence-electron chi connectivity index (χ3n) is 2.94. The van der Waals surface area contributed by atoms with E-state index >= 15 is 0 Å². The fraction of sp³-hybridized carbons (Fsp3) is 0.636. The predicted octanol–water partition coefficient (Wildman–Crippen LogP) is 3.16. The number of rotatable bonds is 3. The van der Waals surface area contributed by atoms with Crippen LogP contribution in [-0.4, -0.2) is 23.5 Å². The molecule has 0 radical (unpaired) electrons. The van der Waals surface area contributed by atoms with Crippen molar-refractivity contribution in [1.82, 2.24) is 4.98 Å². The summed E-state index contributed by atoms with van der Waals surface area (Å²) in [5.41, 5.74) is 0. The van der Waals surface area contributed by atoms with E-state index in [0.717, 1.165) is 6.20 Å². The second-order valence-electron chi connectivity index (χ2n) is 4.10. The monoisotopic (exact) mass is 279 g/mol. The van der Waals surface area contributed by atoms with Gasteiger partial charge in [0.1, 0.15) is 0 Å². The number of aromatic nitrogens is 1. The Kier molecular flexibility index (Phi) is 3.72. The molecule has 0 aromatic carbocycles. The zero-order valence-electron chi connectivity index (χ0n) is 9.66. The Morgan fingerprint density at radius 2 is 2.33 bits per heavy atom. The van der Waals surface area contributed by atoms with Gasteiger partial charge in [0.05, 0.1) is 16.9 Å². The van der Waals surface area contributed by atoms with Crippen molar-refractivity contribution in [2.24, 2.45) is 5.92 Å². The van der Waals surface area contributed by atoms with Gasteiger partial charge in [0.15, 0.2) is 10.8 Å². The van der Waals surface area contributed by atoms with Crippen molar-refractivity contribution in [3.05, 3.63) is 16.1 Å². The van der Waals surface area contributed by atoms with Crippen molar-refractivity contribution in [3.63, 3.8) is 0 Å². The number of ketones is 1. The van der Waals surface area contributed by atoms with Crippen molar-refractivity contribution in [3.8, 4) is 0 Å². The molecular formula is C11H12F3NO2S. The van der Waals surface area contributed by atoms with E-state index in [0.29, 0.717) is 30.8 Å². The summed E-state index contributed by atoms with van der Waals surface area (Å²) in [4.78, 5) is 15.4. The van der Waals surface area contributed by atoms with Crippen LogP contribution in [0.25, 0.3) is 0 Å². The number of hydrogen-bond acceptors (Lipinski definition) is 4. The highest BCUT2D eigenvalue weighted by atomic mass is 32.1. The minimum Gasteiger partial charge on any atom is -0.377 e. The van der Waals surface area contributed by atoms with Gasteiger partial charge in [-0.2, -0.15) is 13.2 Å². The zero-order chi connectivity index (χ0) is 13.3. The lowest BCUT2D eigenvalue weighted by Gasteiger charge is -2.14. The van der Waals surface area contributed by atoms with Crippen LogP contribution in [-0.2, 0) is 10.9 Å². The lowest BCUT2D eigenvalue weighted by molar-refractivity contribution is -0.137. The fourth-order valence-corrected chi connectivity index (χ4v) is 2.84. The average Bonchev–Trinajstić information content (AvgIpc) is 2.96. The van der Waals surface area contributed by atoms with Crippen molar-refractivity contribution in [2.45, 2.75) is 32.0 Å². The summed E-state index contributed by atoms with van der Waals surface area (Å²) in [6.07, 6.45) is -2.41. The first-order valence-electron chi connectivity index (χ1n) is 5.62. The summed E-state index contributed by atoms with van der Waals surface area (Å²) < 4.78 is 42.6. The van der Waals surface area contributed by atoms with E-state index in [9.17, 15) is 18.0 Å². The van der Waals surface area contributed by atoms with E-state index in [2.05, 4.69) is 4.98 Å². The molecule has 7 heteroatoms. The van der Waals surface area contributed by atoms with Gasteiger partial charge in [-0.3, -0.25) is 4.79 Å². The normalized spacial score (nSPS) is 24.4. The van der Waals surface area contributed by atoms with Gasteiger partial charge < -0.3 is 4.74 Å². The number of ether oxygens (including phenoxy) is 1. The number of hydrogen-bond donors (Lipinski definition) is 0. The van der Waals surface area contributed by atoms with E-state index in [1.54, 1.807) is 0 Å². The molecule has 1 saturated heterocycles. The molecule has 1 aliphatic heterocycles. The second-order valence-corrected chi connectivity index (χ2v) is 5.13. The summed E-state index contributed by atoms with van der Waals surface area (Å²) >= 11 is 0.406. The number of carbonyl (C=O) groups excluding carboxylic acids is 1. The topological polar surface area (TPSA) is 39.2 Å². The minimum absolute atomic E-state index is 0.0660. The molecule has 0 amide bonds. The molecule has 3 nitrogen and oxygen atoms in total. The lowest BCUT2D eigenvalue weighted by Crippen LogP contribution is -2.23. The SMILES string of the molecule is CCC1OCCC1C(=O)c1cnc(C(F)(F)F)s1. The van der Waals surface area contributed by atoms with Crippen LogP contribution in [0.1, 0.15) is 34.4 Å². The van der Waals surface area contributed by atoms with E-state index < -0.39 is 11.2 Å². The van der Waals surface area contributed by atoms with Crippen LogP contribution in [0.2, 0.25) is 0 Å². The molecule has 1 aromatic rings. The lowest BCUT2D eigenvalue weighted by atomic mass is 9.94.